The van der Waals surface area contributed by atoms with Crippen LogP contribution in [0.25, 0.3) is 22.0 Å². The second-order valence-electron chi connectivity index (χ2n) is 8.06. The molecule has 1 aliphatic rings. The highest BCUT2D eigenvalue weighted by atomic mass is 16.5. The predicted octanol–water partition coefficient (Wildman–Crippen LogP) is 4.81. The summed E-state index contributed by atoms with van der Waals surface area (Å²) in [5, 5.41) is 10.4. The normalized spacial score (nSPS) is 12.5. The minimum absolute atomic E-state index is 0.0971. The third-order valence-corrected chi connectivity index (χ3v) is 5.63. The summed E-state index contributed by atoms with van der Waals surface area (Å²) in [4.78, 5) is 25.0. The number of aromatic nitrogens is 3. The third-order valence-electron chi connectivity index (χ3n) is 5.63. The van der Waals surface area contributed by atoms with Gasteiger partial charge in [-0.2, -0.15) is 0 Å². The lowest BCUT2D eigenvalue weighted by Crippen LogP contribution is -2.20. The van der Waals surface area contributed by atoms with E-state index in [2.05, 4.69) is 38.9 Å². The van der Waals surface area contributed by atoms with Crippen LogP contribution in [0.1, 0.15) is 18.1 Å². The Morgan fingerprint density at radius 2 is 1.97 bits per heavy atom. The number of anilines is 4. The minimum Gasteiger partial charge on any atom is -0.474 e. The van der Waals surface area contributed by atoms with E-state index in [0.29, 0.717) is 18.4 Å². The lowest BCUT2D eigenvalue weighted by molar-refractivity contribution is -0.114. The van der Waals surface area contributed by atoms with Crippen molar-refractivity contribution in [1.82, 2.24) is 15.0 Å². The van der Waals surface area contributed by atoms with E-state index in [1.165, 1.54) is 6.92 Å². The average Bonchev–Trinajstić information content (AvgIpc) is 2.81. The lowest BCUT2D eigenvalue weighted by atomic mass is 10.00. The highest BCUT2D eigenvalue weighted by molar-refractivity contribution is 5.90. The summed E-state index contributed by atoms with van der Waals surface area (Å²) in [5.41, 5.74) is 7.52. The van der Waals surface area contributed by atoms with Gasteiger partial charge in [0.25, 0.3) is 0 Å². The van der Waals surface area contributed by atoms with E-state index in [9.17, 15) is 4.79 Å². The molecule has 5 rings (SSSR count). The van der Waals surface area contributed by atoms with Gasteiger partial charge in [0.15, 0.2) is 0 Å². The zero-order valence-corrected chi connectivity index (χ0v) is 18.7. The molecule has 3 heterocycles. The molecule has 0 atom stereocenters. The largest absolute Gasteiger partial charge is 0.474 e. The molecule has 0 radical (unpaired) electrons. The Morgan fingerprint density at radius 3 is 2.79 bits per heavy atom. The van der Waals surface area contributed by atoms with Gasteiger partial charge in [0.1, 0.15) is 12.3 Å². The van der Waals surface area contributed by atoms with Crippen LogP contribution in [0.5, 0.6) is 5.88 Å². The van der Waals surface area contributed by atoms with Crippen molar-refractivity contribution in [2.75, 3.05) is 29.1 Å². The lowest BCUT2D eigenvalue weighted by Gasteiger charge is -2.21. The van der Waals surface area contributed by atoms with Gasteiger partial charge in [0.05, 0.1) is 5.52 Å². The van der Waals surface area contributed by atoms with Gasteiger partial charge in [-0.05, 0) is 54.8 Å². The smallest absolute Gasteiger partial charge is 0.237 e. The molecule has 33 heavy (non-hydrogen) atoms. The van der Waals surface area contributed by atoms with Crippen LogP contribution < -0.4 is 20.7 Å². The third kappa shape index (κ3) is 4.15. The Morgan fingerprint density at radius 1 is 1.09 bits per heavy atom. The Labute approximate surface area is 191 Å². The van der Waals surface area contributed by atoms with Crippen molar-refractivity contribution in [3.63, 3.8) is 0 Å². The standard InChI is InChI=1S/C25H24N6O2/c1-14-10-19(6-7-21(14)29-16(3)32)30-25-28-12-18-5-4-17(11-22(18)31-25)20-13-27-24-23(15(20)2)26-8-9-33-24/h4-7,10-13,26H,8-9H2,1-3H3,(H,29,32)(H,28,30,31). The van der Waals surface area contributed by atoms with E-state index >= 15 is 0 Å². The SMILES string of the molecule is CC(=O)Nc1ccc(Nc2ncc3ccc(-c4cnc5c(c4C)NCCO5)cc3n2)cc1C. The van der Waals surface area contributed by atoms with Gasteiger partial charge >= 0.3 is 0 Å². The number of ether oxygens (including phenoxy) is 1. The molecule has 0 unspecified atom stereocenters. The topological polar surface area (TPSA) is 101 Å². The van der Waals surface area contributed by atoms with Crippen molar-refractivity contribution >= 4 is 39.8 Å². The number of hydrogen-bond acceptors (Lipinski definition) is 7. The number of aryl methyl sites for hydroxylation is 1. The van der Waals surface area contributed by atoms with E-state index < -0.39 is 0 Å². The van der Waals surface area contributed by atoms with Crippen LogP contribution in [0.2, 0.25) is 0 Å². The van der Waals surface area contributed by atoms with E-state index in [-0.39, 0.29) is 5.91 Å². The maximum Gasteiger partial charge on any atom is 0.237 e. The second-order valence-corrected chi connectivity index (χ2v) is 8.06. The maximum absolute atomic E-state index is 11.3. The Bertz CT molecular complexity index is 1390. The zero-order valence-electron chi connectivity index (χ0n) is 18.7. The molecule has 2 aromatic carbocycles. The van der Waals surface area contributed by atoms with E-state index in [4.69, 9.17) is 9.72 Å². The zero-order chi connectivity index (χ0) is 22.9. The van der Waals surface area contributed by atoms with Gasteiger partial charge in [-0.15, -0.1) is 0 Å². The molecule has 0 fully saturated rings. The van der Waals surface area contributed by atoms with Crippen LogP contribution in [0.3, 0.4) is 0 Å². The van der Waals surface area contributed by atoms with Crippen molar-refractivity contribution in [2.45, 2.75) is 20.8 Å². The molecule has 0 saturated carbocycles. The van der Waals surface area contributed by atoms with Crippen LogP contribution in [0, 0.1) is 13.8 Å². The van der Waals surface area contributed by atoms with Gasteiger partial charge in [-0.1, -0.05) is 12.1 Å². The Kier molecular flexibility index (Phi) is 5.26. The monoisotopic (exact) mass is 440 g/mol. The predicted molar refractivity (Wildman–Crippen MR) is 130 cm³/mol. The van der Waals surface area contributed by atoms with Crippen molar-refractivity contribution < 1.29 is 9.53 Å². The summed E-state index contributed by atoms with van der Waals surface area (Å²) >= 11 is 0. The van der Waals surface area contributed by atoms with Crippen LogP contribution in [-0.2, 0) is 4.79 Å². The highest BCUT2D eigenvalue weighted by Crippen LogP contribution is 2.36. The first-order valence-corrected chi connectivity index (χ1v) is 10.8. The van der Waals surface area contributed by atoms with Crippen LogP contribution >= 0.6 is 0 Å². The van der Waals surface area contributed by atoms with Gasteiger partial charge < -0.3 is 20.7 Å². The quantitative estimate of drug-likeness (QED) is 0.418. The number of hydrogen-bond donors (Lipinski definition) is 3. The van der Waals surface area contributed by atoms with Crippen LogP contribution in [0.4, 0.5) is 23.0 Å². The average molecular weight is 441 g/mol. The fourth-order valence-electron chi connectivity index (χ4n) is 3.96. The molecule has 0 saturated heterocycles. The number of carbonyl (C=O) groups is 1. The van der Waals surface area contributed by atoms with Crippen molar-refractivity contribution in [1.29, 1.82) is 0 Å². The molecule has 2 aromatic heterocycles. The summed E-state index contributed by atoms with van der Waals surface area (Å²) in [7, 11) is 0. The molecule has 4 aromatic rings. The number of pyridine rings is 1. The van der Waals surface area contributed by atoms with Crippen LogP contribution in [-0.4, -0.2) is 34.0 Å². The number of carbonyl (C=O) groups excluding carboxylic acids is 1. The number of nitrogens with zero attached hydrogens (tertiary/aromatic N) is 3. The molecule has 1 amide bonds. The van der Waals surface area contributed by atoms with Crippen molar-refractivity contribution in [2.24, 2.45) is 0 Å². The molecule has 8 heteroatoms. The summed E-state index contributed by atoms with van der Waals surface area (Å²) in [6.45, 7) is 6.90. The van der Waals surface area contributed by atoms with Gasteiger partial charge in [-0.3, -0.25) is 4.79 Å². The Hall–Kier alpha value is -4.20. The highest BCUT2D eigenvalue weighted by Gasteiger charge is 2.17. The molecular formula is C25H24N6O2. The van der Waals surface area contributed by atoms with Gasteiger partial charge in [0, 0.05) is 48.2 Å². The minimum atomic E-state index is -0.0971. The van der Waals surface area contributed by atoms with E-state index in [1.807, 2.05) is 43.5 Å². The van der Waals surface area contributed by atoms with E-state index in [0.717, 1.165) is 56.8 Å². The maximum atomic E-state index is 11.3. The fraction of sp³-hybridized carbons (Fsp3) is 0.200. The first-order valence-electron chi connectivity index (χ1n) is 10.8. The molecular weight excluding hydrogens is 416 g/mol. The summed E-state index contributed by atoms with van der Waals surface area (Å²) in [6, 6.07) is 11.8. The number of nitrogens with one attached hydrogen (secondary N) is 3. The molecule has 1 aliphatic heterocycles. The first kappa shape index (κ1) is 20.7. The first-order chi connectivity index (χ1) is 16.0. The summed E-state index contributed by atoms with van der Waals surface area (Å²) in [6.07, 6.45) is 3.66. The molecule has 0 bridgehead atoms. The summed E-state index contributed by atoms with van der Waals surface area (Å²) < 4.78 is 5.65. The molecule has 3 N–H and O–H groups in total. The second kappa shape index (κ2) is 8.38. The summed E-state index contributed by atoms with van der Waals surface area (Å²) in [5.74, 6) is 1.05. The molecule has 8 nitrogen and oxygen atoms in total. The molecule has 166 valence electrons. The fourth-order valence-corrected chi connectivity index (χ4v) is 3.96. The van der Waals surface area contributed by atoms with Crippen molar-refractivity contribution in [3.05, 3.63) is 59.9 Å². The number of rotatable bonds is 4. The van der Waals surface area contributed by atoms with Crippen LogP contribution in [0.15, 0.2) is 48.8 Å². The molecule has 0 aliphatic carbocycles. The van der Waals surface area contributed by atoms with Crippen molar-refractivity contribution in [3.8, 4) is 17.0 Å². The number of amides is 1. The van der Waals surface area contributed by atoms with Gasteiger partial charge in [-0.25, -0.2) is 15.0 Å². The Balaban J connectivity index is 1.45. The molecule has 0 spiro atoms. The van der Waals surface area contributed by atoms with E-state index in [1.54, 1.807) is 6.20 Å². The number of fused-ring (bicyclic) bond motifs is 2. The number of benzene rings is 2. The van der Waals surface area contributed by atoms with Gasteiger partial charge in [0.2, 0.25) is 17.7 Å².